The van der Waals surface area contributed by atoms with Crippen molar-refractivity contribution in [2.45, 2.75) is 6.54 Å². The average molecular weight is 399 g/mol. The Hall–Kier alpha value is -3.68. The zero-order valence-electron chi connectivity index (χ0n) is 15.8. The van der Waals surface area contributed by atoms with E-state index < -0.39 is 17.5 Å². The molecule has 0 spiro atoms. The first-order valence-electron chi connectivity index (χ1n) is 8.67. The summed E-state index contributed by atoms with van der Waals surface area (Å²) in [5, 5.41) is 5.67. The van der Waals surface area contributed by atoms with Crippen LogP contribution < -0.4 is 20.1 Å². The number of methoxy groups -OCH3 is 2. The Balaban J connectivity index is 1.61. The molecule has 2 aromatic carbocycles. The zero-order chi connectivity index (χ0) is 20.8. The number of nitrogens with zero attached hydrogens (tertiary/aromatic N) is 1. The molecule has 1 aromatic heterocycles. The number of hydrogen-bond acceptors (Lipinski definition) is 5. The van der Waals surface area contributed by atoms with Crippen molar-refractivity contribution >= 4 is 17.3 Å². The molecule has 1 heterocycles. The van der Waals surface area contributed by atoms with E-state index in [1.165, 1.54) is 18.3 Å². The van der Waals surface area contributed by atoms with Gasteiger partial charge >= 0.3 is 0 Å². The van der Waals surface area contributed by atoms with Crippen molar-refractivity contribution in [3.63, 3.8) is 0 Å². The molecule has 3 aromatic rings. The number of benzene rings is 2. The SMILES string of the molecule is COc1ccc(CNc2ccc(C(=O)Nc3ccc(F)c(F)c3)nc2)cc1OC. The lowest BCUT2D eigenvalue weighted by Crippen LogP contribution is -2.14. The van der Waals surface area contributed by atoms with E-state index in [2.05, 4.69) is 15.6 Å². The number of pyridine rings is 1. The van der Waals surface area contributed by atoms with E-state index in [1.54, 1.807) is 20.3 Å². The van der Waals surface area contributed by atoms with Crippen LogP contribution in [-0.4, -0.2) is 25.1 Å². The van der Waals surface area contributed by atoms with E-state index in [9.17, 15) is 13.6 Å². The van der Waals surface area contributed by atoms with Gasteiger partial charge in [0.15, 0.2) is 23.1 Å². The number of amides is 1. The summed E-state index contributed by atoms with van der Waals surface area (Å²) in [6, 6.07) is 12.0. The van der Waals surface area contributed by atoms with Crippen molar-refractivity contribution in [2.75, 3.05) is 24.9 Å². The van der Waals surface area contributed by atoms with Gasteiger partial charge in [-0.05, 0) is 42.0 Å². The van der Waals surface area contributed by atoms with E-state index >= 15 is 0 Å². The van der Waals surface area contributed by atoms with Crippen molar-refractivity contribution in [1.29, 1.82) is 0 Å². The van der Waals surface area contributed by atoms with Crippen LogP contribution in [0.4, 0.5) is 20.2 Å². The average Bonchev–Trinajstić information content (AvgIpc) is 2.75. The Kier molecular flexibility index (Phi) is 6.23. The van der Waals surface area contributed by atoms with Crippen LogP contribution in [0.1, 0.15) is 16.1 Å². The van der Waals surface area contributed by atoms with E-state index in [0.29, 0.717) is 23.7 Å². The fraction of sp³-hybridized carbons (Fsp3) is 0.143. The second-order valence-electron chi connectivity index (χ2n) is 6.06. The number of rotatable bonds is 7. The third kappa shape index (κ3) is 4.98. The van der Waals surface area contributed by atoms with E-state index in [4.69, 9.17) is 9.47 Å². The number of hydrogen-bond donors (Lipinski definition) is 2. The molecular formula is C21H19F2N3O3. The maximum atomic E-state index is 13.2. The monoisotopic (exact) mass is 399 g/mol. The van der Waals surface area contributed by atoms with Crippen LogP contribution in [-0.2, 0) is 6.54 Å². The van der Waals surface area contributed by atoms with Crippen molar-refractivity contribution in [2.24, 2.45) is 0 Å². The number of halogens is 2. The summed E-state index contributed by atoms with van der Waals surface area (Å²) < 4.78 is 36.7. The lowest BCUT2D eigenvalue weighted by atomic mass is 10.2. The number of carbonyl (C=O) groups excluding carboxylic acids is 1. The molecule has 1 amide bonds. The summed E-state index contributed by atoms with van der Waals surface area (Å²) in [5.74, 6) is -1.26. The normalized spacial score (nSPS) is 10.3. The first-order chi connectivity index (χ1) is 14.0. The van der Waals surface area contributed by atoms with Crippen molar-refractivity contribution in [1.82, 2.24) is 4.98 Å². The topological polar surface area (TPSA) is 72.5 Å². The van der Waals surface area contributed by atoms with Gasteiger partial charge in [-0.1, -0.05) is 6.07 Å². The van der Waals surface area contributed by atoms with Crippen molar-refractivity contribution in [3.05, 3.63) is 77.6 Å². The smallest absolute Gasteiger partial charge is 0.274 e. The van der Waals surface area contributed by atoms with Crippen LogP contribution >= 0.6 is 0 Å². The van der Waals surface area contributed by atoms with Gasteiger partial charge in [0.25, 0.3) is 5.91 Å². The summed E-state index contributed by atoms with van der Waals surface area (Å²) in [6.07, 6.45) is 1.51. The van der Waals surface area contributed by atoms with Gasteiger partial charge in [0.2, 0.25) is 0 Å². The van der Waals surface area contributed by atoms with Crippen LogP contribution in [0, 0.1) is 11.6 Å². The van der Waals surface area contributed by atoms with Gasteiger partial charge < -0.3 is 20.1 Å². The summed E-state index contributed by atoms with van der Waals surface area (Å²) in [5.41, 5.74) is 1.98. The van der Waals surface area contributed by atoms with Gasteiger partial charge in [-0.25, -0.2) is 13.8 Å². The van der Waals surface area contributed by atoms with Gasteiger partial charge in [0.1, 0.15) is 5.69 Å². The third-order valence-electron chi connectivity index (χ3n) is 4.12. The number of carbonyl (C=O) groups is 1. The minimum atomic E-state index is -1.04. The fourth-order valence-corrected chi connectivity index (χ4v) is 2.60. The van der Waals surface area contributed by atoms with Crippen LogP contribution in [0.2, 0.25) is 0 Å². The molecular weight excluding hydrogens is 380 g/mol. The molecule has 0 saturated heterocycles. The standard InChI is InChI=1S/C21H19F2N3O3/c1-28-19-8-3-13(9-20(19)29-2)11-24-15-5-7-18(25-12-15)21(27)26-14-4-6-16(22)17(23)10-14/h3-10,12,24H,11H2,1-2H3,(H,26,27). The predicted octanol–water partition coefficient (Wildman–Crippen LogP) is 4.24. The van der Waals surface area contributed by atoms with E-state index in [1.807, 2.05) is 18.2 Å². The maximum absolute atomic E-state index is 13.2. The molecule has 29 heavy (non-hydrogen) atoms. The number of ether oxygens (including phenoxy) is 2. The van der Waals surface area contributed by atoms with Gasteiger partial charge in [0, 0.05) is 18.3 Å². The van der Waals surface area contributed by atoms with Crippen molar-refractivity contribution in [3.8, 4) is 11.5 Å². The predicted molar refractivity (Wildman–Crippen MR) is 105 cm³/mol. The molecule has 150 valence electrons. The van der Waals surface area contributed by atoms with Crippen LogP contribution in [0.5, 0.6) is 11.5 Å². The molecule has 0 aliphatic heterocycles. The highest BCUT2D eigenvalue weighted by atomic mass is 19.2. The number of nitrogens with one attached hydrogen (secondary N) is 2. The Morgan fingerprint density at radius 3 is 2.34 bits per heavy atom. The summed E-state index contributed by atoms with van der Waals surface area (Å²) >= 11 is 0. The maximum Gasteiger partial charge on any atom is 0.274 e. The van der Waals surface area contributed by atoms with Crippen molar-refractivity contribution < 1.29 is 23.0 Å². The molecule has 0 fully saturated rings. The summed E-state index contributed by atoms with van der Waals surface area (Å²) in [7, 11) is 3.15. The molecule has 0 saturated carbocycles. The molecule has 2 N–H and O–H groups in total. The fourth-order valence-electron chi connectivity index (χ4n) is 2.60. The molecule has 8 heteroatoms. The van der Waals surface area contributed by atoms with E-state index in [0.717, 1.165) is 17.7 Å². The highest BCUT2D eigenvalue weighted by molar-refractivity contribution is 6.02. The molecule has 0 atom stereocenters. The lowest BCUT2D eigenvalue weighted by Gasteiger charge is -2.11. The van der Waals surface area contributed by atoms with Gasteiger partial charge in [-0.3, -0.25) is 4.79 Å². The Morgan fingerprint density at radius 2 is 1.69 bits per heavy atom. The molecule has 0 aliphatic rings. The first-order valence-corrected chi connectivity index (χ1v) is 8.67. The molecule has 0 unspecified atom stereocenters. The summed E-state index contributed by atoms with van der Waals surface area (Å²) in [4.78, 5) is 16.3. The number of aromatic nitrogens is 1. The van der Waals surface area contributed by atoms with Crippen LogP contribution in [0.3, 0.4) is 0 Å². The third-order valence-corrected chi connectivity index (χ3v) is 4.12. The lowest BCUT2D eigenvalue weighted by molar-refractivity contribution is 0.102. The Labute approximate surface area is 166 Å². The van der Waals surface area contributed by atoms with Gasteiger partial charge in [0.05, 0.1) is 26.1 Å². The molecule has 0 bridgehead atoms. The quantitative estimate of drug-likeness (QED) is 0.622. The second-order valence-corrected chi connectivity index (χ2v) is 6.06. The molecule has 3 rings (SSSR count). The van der Waals surface area contributed by atoms with Gasteiger partial charge in [-0.15, -0.1) is 0 Å². The second kappa shape index (κ2) is 9.01. The first kappa shape index (κ1) is 20.1. The van der Waals surface area contributed by atoms with Crippen LogP contribution in [0.25, 0.3) is 0 Å². The Morgan fingerprint density at radius 1 is 0.931 bits per heavy atom. The van der Waals surface area contributed by atoms with Gasteiger partial charge in [-0.2, -0.15) is 0 Å². The minimum Gasteiger partial charge on any atom is -0.493 e. The highest BCUT2D eigenvalue weighted by Crippen LogP contribution is 2.27. The molecule has 6 nitrogen and oxygen atoms in total. The van der Waals surface area contributed by atoms with E-state index in [-0.39, 0.29) is 11.4 Å². The highest BCUT2D eigenvalue weighted by Gasteiger charge is 2.10. The number of anilines is 2. The minimum absolute atomic E-state index is 0.145. The molecule has 0 aliphatic carbocycles. The summed E-state index contributed by atoms with van der Waals surface area (Å²) in [6.45, 7) is 0.516. The zero-order valence-corrected chi connectivity index (χ0v) is 15.8. The van der Waals surface area contributed by atoms with Crippen LogP contribution in [0.15, 0.2) is 54.7 Å². The largest absolute Gasteiger partial charge is 0.493 e. The Bertz CT molecular complexity index is 1010. The molecule has 0 radical (unpaired) electrons.